The monoisotopic (exact) mass is 422 g/mol. The highest BCUT2D eigenvalue weighted by atomic mass is 16.5. The van der Waals surface area contributed by atoms with Crippen molar-refractivity contribution in [2.24, 2.45) is 5.92 Å². The van der Waals surface area contributed by atoms with Crippen molar-refractivity contribution in [2.45, 2.75) is 82.5 Å². The minimum absolute atomic E-state index is 0.198. The van der Waals surface area contributed by atoms with Crippen LogP contribution in [0.3, 0.4) is 0 Å². The molecule has 0 radical (unpaired) electrons. The van der Waals surface area contributed by atoms with Crippen LogP contribution in [0.4, 0.5) is 0 Å². The van der Waals surface area contributed by atoms with Crippen molar-refractivity contribution in [3.63, 3.8) is 0 Å². The predicted octanol–water partition coefficient (Wildman–Crippen LogP) is 5.83. The third kappa shape index (κ3) is 4.59. The van der Waals surface area contributed by atoms with Crippen molar-refractivity contribution < 1.29 is 14.3 Å². The Bertz CT molecular complexity index is 966. The second kappa shape index (κ2) is 9.20. The molecule has 2 aromatic rings. The Morgan fingerprint density at radius 2 is 1.87 bits per heavy atom. The summed E-state index contributed by atoms with van der Waals surface area (Å²) in [6.07, 6.45) is 11.3. The fourth-order valence-electron chi connectivity index (χ4n) is 5.64. The van der Waals surface area contributed by atoms with Crippen LogP contribution in [0.25, 0.3) is 0 Å². The molecular formula is C27H34O4. The second-order valence-electron chi connectivity index (χ2n) is 9.82. The van der Waals surface area contributed by atoms with E-state index in [9.17, 15) is 9.90 Å². The Kier molecular flexibility index (Phi) is 6.17. The standard InChI is InChI=1S/C27H34O4/c28-25-23-11-3-1-2-9-21(15-18-7-6-14-30-17-18)26(23)31-27(29)24(25)16-20-8-4-5-10-22(20)19-12-13-19/h4-5,8,10,18-19,21,28H,1-3,6-7,9,11-17H2. The lowest BCUT2D eigenvalue weighted by Crippen LogP contribution is -2.22. The first-order valence-electron chi connectivity index (χ1n) is 12.2. The molecular weight excluding hydrogens is 388 g/mol. The molecule has 1 saturated heterocycles. The summed E-state index contributed by atoms with van der Waals surface area (Å²) >= 11 is 0. The van der Waals surface area contributed by atoms with Gasteiger partial charge in [-0.2, -0.15) is 0 Å². The number of ether oxygens (including phenoxy) is 1. The van der Waals surface area contributed by atoms with Crippen molar-refractivity contribution >= 4 is 0 Å². The maximum Gasteiger partial charge on any atom is 0.343 e. The quantitative estimate of drug-likeness (QED) is 0.658. The zero-order chi connectivity index (χ0) is 21.2. The molecule has 2 aliphatic carbocycles. The smallest absolute Gasteiger partial charge is 0.343 e. The van der Waals surface area contributed by atoms with E-state index in [-0.39, 0.29) is 17.3 Å². The summed E-state index contributed by atoms with van der Waals surface area (Å²) < 4.78 is 11.7. The van der Waals surface area contributed by atoms with Crippen molar-refractivity contribution in [3.05, 3.63) is 62.7 Å². The van der Waals surface area contributed by atoms with Crippen molar-refractivity contribution in [1.29, 1.82) is 0 Å². The topological polar surface area (TPSA) is 59.7 Å². The van der Waals surface area contributed by atoms with Crippen LogP contribution in [0.1, 0.15) is 97.6 Å². The molecule has 0 amide bonds. The van der Waals surface area contributed by atoms with Gasteiger partial charge in [0.15, 0.2) is 0 Å². The zero-order valence-electron chi connectivity index (χ0n) is 18.4. The second-order valence-corrected chi connectivity index (χ2v) is 9.82. The summed E-state index contributed by atoms with van der Waals surface area (Å²) in [5.74, 6) is 2.28. The molecule has 1 saturated carbocycles. The Hall–Kier alpha value is -2.07. The maximum atomic E-state index is 13.1. The molecule has 31 heavy (non-hydrogen) atoms. The first-order valence-corrected chi connectivity index (χ1v) is 12.2. The van der Waals surface area contributed by atoms with Crippen molar-refractivity contribution in [3.8, 4) is 5.75 Å². The molecule has 3 aliphatic rings. The fraction of sp³-hybridized carbons (Fsp3) is 0.593. The van der Waals surface area contributed by atoms with Gasteiger partial charge in [-0.25, -0.2) is 4.79 Å². The molecule has 5 rings (SSSR count). The minimum Gasteiger partial charge on any atom is -0.507 e. The van der Waals surface area contributed by atoms with Crippen LogP contribution in [0, 0.1) is 5.92 Å². The number of hydrogen-bond donors (Lipinski definition) is 1. The molecule has 2 fully saturated rings. The molecule has 2 atom stereocenters. The molecule has 166 valence electrons. The van der Waals surface area contributed by atoms with Gasteiger partial charge < -0.3 is 14.3 Å². The molecule has 4 nitrogen and oxygen atoms in total. The molecule has 1 aromatic heterocycles. The molecule has 0 bridgehead atoms. The van der Waals surface area contributed by atoms with Crippen LogP contribution in [-0.2, 0) is 17.6 Å². The maximum absolute atomic E-state index is 13.1. The van der Waals surface area contributed by atoms with Gasteiger partial charge in [0, 0.05) is 31.1 Å². The van der Waals surface area contributed by atoms with E-state index in [4.69, 9.17) is 9.15 Å². The summed E-state index contributed by atoms with van der Waals surface area (Å²) in [4.78, 5) is 13.1. The normalized spacial score (nSPS) is 24.3. The Morgan fingerprint density at radius 1 is 1.00 bits per heavy atom. The first kappa shape index (κ1) is 20.8. The van der Waals surface area contributed by atoms with Gasteiger partial charge in [-0.05, 0) is 74.3 Å². The number of hydrogen-bond acceptors (Lipinski definition) is 4. The molecule has 2 heterocycles. The van der Waals surface area contributed by atoms with E-state index in [2.05, 4.69) is 18.2 Å². The summed E-state index contributed by atoms with van der Waals surface area (Å²) in [6.45, 7) is 1.66. The number of rotatable bonds is 5. The predicted molar refractivity (Wildman–Crippen MR) is 121 cm³/mol. The molecule has 1 aromatic carbocycles. The van der Waals surface area contributed by atoms with Gasteiger partial charge in [-0.3, -0.25) is 0 Å². The number of fused-ring (bicyclic) bond motifs is 1. The lowest BCUT2D eigenvalue weighted by atomic mass is 9.81. The van der Waals surface area contributed by atoms with E-state index >= 15 is 0 Å². The summed E-state index contributed by atoms with van der Waals surface area (Å²) in [7, 11) is 0. The van der Waals surface area contributed by atoms with Gasteiger partial charge in [0.1, 0.15) is 11.5 Å². The highest BCUT2D eigenvalue weighted by Crippen LogP contribution is 2.43. The third-order valence-electron chi connectivity index (χ3n) is 7.48. The highest BCUT2D eigenvalue weighted by molar-refractivity contribution is 5.46. The van der Waals surface area contributed by atoms with Gasteiger partial charge in [-0.1, -0.05) is 37.1 Å². The average Bonchev–Trinajstić information content (AvgIpc) is 3.61. The lowest BCUT2D eigenvalue weighted by molar-refractivity contribution is 0.0472. The Labute approximate surface area is 184 Å². The zero-order valence-corrected chi connectivity index (χ0v) is 18.4. The Balaban J connectivity index is 1.48. The van der Waals surface area contributed by atoms with Gasteiger partial charge in [0.25, 0.3) is 0 Å². The molecule has 4 heteroatoms. The van der Waals surface area contributed by atoms with E-state index in [0.29, 0.717) is 23.8 Å². The van der Waals surface area contributed by atoms with Gasteiger partial charge in [-0.15, -0.1) is 0 Å². The lowest BCUT2D eigenvalue weighted by Gasteiger charge is -2.28. The summed E-state index contributed by atoms with van der Waals surface area (Å²) in [6, 6.07) is 8.35. The average molecular weight is 423 g/mol. The first-order chi connectivity index (χ1) is 15.2. The van der Waals surface area contributed by atoms with Crippen molar-refractivity contribution in [2.75, 3.05) is 13.2 Å². The molecule has 0 spiro atoms. The highest BCUT2D eigenvalue weighted by Gasteiger charge is 2.30. The van der Waals surface area contributed by atoms with Crippen LogP contribution in [0.5, 0.6) is 5.75 Å². The Morgan fingerprint density at radius 3 is 2.68 bits per heavy atom. The van der Waals surface area contributed by atoms with Crippen LogP contribution in [-0.4, -0.2) is 18.3 Å². The van der Waals surface area contributed by atoms with E-state index in [1.165, 1.54) is 24.8 Å². The largest absolute Gasteiger partial charge is 0.507 e. The van der Waals surface area contributed by atoms with Crippen LogP contribution in [0.15, 0.2) is 33.5 Å². The van der Waals surface area contributed by atoms with E-state index in [1.807, 2.05) is 6.07 Å². The number of benzene rings is 1. The van der Waals surface area contributed by atoms with E-state index in [1.54, 1.807) is 0 Å². The van der Waals surface area contributed by atoms with Crippen molar-refractivity contribution in [1.82, 2.24) is 0 Å². The van der Waals surface area contributed by atoms with E-state index < -0.39 is 0 Å². The fourth-order valence-corrected chi connectivity index (χ4v) is 5.64. The van der Waals surface area contributed by atoms with Gasteiger partial charge >= 0.3 is 5.63 Å². The molecule has 1 aliphatic heterocycles. The van der Waals surface area contributed by atoms with E-state index in [0.717, 1.165) is 75.0 Å². The number of aromatic hydroxyl groups is 1. The SMILES string of the molecule is O=c1oc2c(c(O)c1Cc1ccccc1C1CC1)CCCCCC2CC1CCCOC1. The van der Waals surface area contributed by atoms with Gasteiger partial charge in [0.05, 0.1) is 5.56 Å². The molecule has 1 N–H and O–H groups in total. The molecule has 2 unspecified atom stereocenters. The van der Waals surface area contributed by atoms with Crippen LogP contribution >= 0.6 is 0 Å². The van der Waals surface area contributed by atoms with Gasteiger partial charge in [0.2, 0.25) is 0 Å². The summed E-state index contributed by atoms with van der Waals surface area (Å²) in [5.41, 5.74) is 3.44. The van der Waals surface area contributed by atoms with Crippen LogP contribution < -0.4 is 5.63 Å². The third-order valence-corrected chi connectivity index (χ3v) is 7.48. The minimum atomic E-state index is -0.354. The van der Waals surface area contributed by atoms with Crippen LogP contribution in [0.2, 0.25) is 0 Å². The summed E-state index contributed by atoms with van der Waals surface area (Å²) in [5, 5.41) is 11.3.